The Labute approximate surface area is 113 Å². The van der Waals surface area contributed by atoms with E-state index in [1.165, 1.54) is 5.56 Å². The van der Waals surface area contributed by atoms with Gasteiger partial charge in [0.05, 0.1) is 0 Å². The second-order valence-electron chi connectivity index (χ2n) is 4.70. The fourth-order valence-corrected chi connectivity index (χ4v) is 2.04. The molecule has 19 heavy (non-hydrogen) atoms. The van der Waals surface area contributed by atoms with E-state index in [4.69, 9.17) is 4.42 Å². The molecule has 0 fully saturated rings. The molecule has 2 aromatic rings. The number of hydrogen-bond donors (Lipinski definition) is 1. The van der Waals surface area contributed by atoms with Crippen molar-refractivity contribution < 1.29 is 9.21 Å². The molecule has 0 aliphatic heterocycles. The average molecular weight is 257 g/mol. The minimum Gasteiger partial charge on any atom is -0.466 e. The van der Waals surface area contributed by atoms with Crippen LogP contribution in [0.2, 0.25) is 0 Å². The van der Waals surface area contributed by atoms with E-state index in [0.29, 0.717) is 13.0 Å². The Balaban J connectivity index is 1.77. The van der Waals surface area contributed by atoms with Gasteiger partial charge in [0.25, 0.3) is 0 Å². The Morgan fingerprint density at radius 2 is 1.95 bits per heavy atom. The highest BCUT2D eigenvalue weighted by molar-refractivity contribution is 5.76. The van der Waals surface area contributed by atoms with Crippen molar-refractivity contribution in [2.45, 2.75) is 33.2 Å². The van der Waals surface area contributed by atoms with Gasteiger partial charge in [-0.3, -0.25) is 4.79 Å². The van der Waals surface area contributed by atoms with Crippen molar-refractivity contribution in [3.05, 3.63) is 59.0 Å². The first kappa shape index (κ1) is 13.4. The summed E-state index contributed by atoms with van der Waals surface area (Å²) in [6, 6.07) is 12.0. The van der Waals surface area contributed by atoms with Crippen LogP contribution in [0, 0.1) is 13.8 Å². The fourth-order valence-electron chi connectivity index (χ4n) is 2.04. The Morgan fingerprint density at radius 3 is 2.58 bits per heavy atom. The molecule has 3 nitrogen and oxygen atoms in total. The lowest BCUT2D eigenvalue weighted by atomic mass is 10.1. The van der Waals surface area contributed by atoms with Crippen LogP contribution < -0.4 is 5.32 Å². The van der Waals surface area contributed by atoms with Crippen molar-refractivity contribution in [2.24, 2.45) is 0 Å². The molecule has 0 saturated carbocycles. The Morgan fingerprint density at radius 1 is 1.21 bits per heavy atom. The summed E-state index contributed by atoms with van der Waals surface area (Å²) in [6.45, 7) is 4.36. The summed E-state index contributed by atoms with van der Waals surface area (Å²) in [7, 11) is 0. The molecule has 1 aromatic carbocycles. The second kappa shape index (κ2) is 6.23. The van der Waals surface area contributed by atoms with Crippen molar-refractivity contribution >= 4 is 5.91 Å². The molecule has 100 valence electrons. The maximum atomic E-state index is 11.8. The number of nitrogens with one attached hydrogen (secondary N) is 1. The van der Waals surface area contributed by atoms with Crippen LogP contribution in [0.5, 0.6) is 0 Å². The summed E-state index contributed by atoms with van der Waals surface area (Å²) in [4.78, 5) is 11.8. The average Bonchev–Trinajstić information content (AvgIpc) is 2.73. The zero-order valence-electron chi connectivity index (χ0n) is 11.4. The predicted molar refractivity (Wildman–Crippen MR) is 74.8 cm³/mol. The number of furan rings is 1. The molecule has 0 aliphatic carbocycles. The van der Waals surface area contributed by atoms with Gasteiger partial charge in [-0.2, -0.15) is 0 Å². The van der Waals surface area contributed by atoms with Gasteiger partial charge in [-0.15, -0.1) is 0 Å². The van der Waals surface area contributed by atoms with E-state index >= 15 is 0 Å². The highest BCUT2D eigenvalue weighted by Gasteiger charge is 2.07. The van der Waals surface area contributed by atoms with Gasteiger partial charge in [0, 0.05) is 18.5 Å². The Bertz CT molecular complexity index is 543. The number of hydrogen-bond acceptors (Lipinski definition) is 2. The van der Waals surface area contributed by atoms with Gasteiger partial charge in [0.2, 0.25) is 5.91 Å². The third-order valence-corrected chi connectivity index (χ3v) is 3.10. The predicted octanol–water partition coefficient (Wildman–Crippen LogP) is 3.15. The van der Waals surface area contributed by atoms with E-state index < -0.39 is 0 Å². The topological polar surface area (TPSA) is 42.2 Å². The van der Waals surface area contributed by atoms with Crippen LogP contribution in [0.4, 0.5) is 0 Å². The fraction of sp³-hybridized carbons (Fsp3) is 0.312. The molecule has 1 amide bonds. The lowest BCUT2D eigenvalue weighted by molar-refractivity contribution is -0.121. The Hall–Kier alpha value is -2.03. The molecule has 1 N–H and O–H groups in total. The van der Waals surface area contributed by atoms with Crippen LogP contribution in [-0.2, 0) is 17.8 Å². The molecule has 0 atom stereocenters. The van der Waals surface area contributed by atoms with E-state index in [-0.39, 0.29) is 5.91 Å². The van der Waals surface area contributed by atoms with Crippen LogP contribution in [0.25, 0.3) is 0 Å². The van der Waals surface area contributed by atoms with E-state index in [2.05, 4.69) is 5.32 Å². The number of carbonyl (C=O) groups excluding carboxylic acids is 1. The highest BCUT2D eigenvalue weighted by Crippen LogP contribution is 2.13. The number of aryl methyl sites for hydroxylation is 3. The standard InChI is InChI=1S/C16H19NO2/c1-12-10-15(13(2)19-12)11-17-16(18)9-8-14-6-4-3-5-7-14/h3-7,10H,8-9,11H2,1-2H3,(H,17,18). The largest absolute Gasteiger partial charge is 0.466 e. The summed E-state index contributed by atoms with van der Waals surface area (Å²) in [6.07, 6.45) is 1.29. The van der Waals surface area contributed by atoms with Crippen molar-refractivity contribution in [1.82, 2.24) is 5.32 Å². The lowest BCUT2D eigenvalue weighted by Gasteiger charge is -2.04. The summed E-state index contributed by atoms with van der Waals surface area (Å²) in [5.74, 6) is 1.83. The molecular weight excluding hydrogens is 238 g/mol. The lowest BCUT2D eigenvalue weighted by Crippen LogP contribution is -2.23. The number of amides is 1. The quantitative estimate of drug-likeness (QED) is 0.894. The molecule has 2 rings (SSSR count). The number of benzene rings is 1. The molecule has 1 heterocycles. The van der Waals surface area contributed by atoms with Gasteiger partial charge in [-0.25, -0.2) is 0 Å². The molecule has 0 spiro atoms. The minimum absolute atomic E-state index is 0.0714. The first-order chi connectivity index (χ1) is 9.15. The zero-order chi connectivity index (χ0) is 13.7. The SMILES string of the molecule is Cc1cc(CNC(=O)CCc2ccccc2)c(C)o1. The van der Waals surface area contributed by atoms with Crippen LogP contribution in [0.3, 0.4) is 0 Å². The van der Waals surface area contributed by atoms with Crippen molar-refractivity contribution in [3.63, 3.8) is 0 Å². The normalized spacial score (nSPS) is 10.4. The van der Waals surface area contributed by atoms with E-state index in [1.807, 2.05) is 50.2 Å². The molecule has 0 bridgehead atoms. The smallest absolute Gasteiger partial charge is 0.220 e. The van der Waals surface area contributed by atoms with E-state index in [9.17, 15) is 4.79 Å². The molecule has 0 aliphatic rings. The second-order valence-corrected chi connectivity index (χ2v) is 4.70. The summed E-state index contributed by atoms with van der Waals surface area (Å²) >= 11 is 0. The highest BCUT2D eigenvalue weighted by atomic mass is 16.3. The minimum atomic E-state index is 0.0714. The van der Waals surface area contributed by atoms with E-state index in [1.54, 1.807) is 0 Å². The first-order valence-electron chi connectivity index (χ1n) is 6.51. The Kier molecular flexibility index (Phi) is 4.39. The van der Waals surface area contributed by atoms with Crippen LogP contribution in [-0.4, -0.2) is 5.91 Å². The van der Waals surface area contributed by atoms with Crippen LogP contribution in [0.15, 0.2) is 40.8 Å². The van der Waals surface area contributed by atoms with Gasteiger partial charge < -0.3 is 9.73 Å². The molecule has 0 radical (unpaired) electrons. The van der Waals surface area contributed by atoms with Gasteiger partial charge in [0.15, 0.2) is 0 Å². The van der Waals surface area contributed by atoms with Crippen LogP contribution >= 0.6 is 0 Å². The molecule has 1 aromatic heterocycles. The molecule has 3 heteroatoms. The van der Waals surface area contributed by atoms with Crippen molar-refractivity contribution in [3.8, 4) is 0 Å². The number of rotatable bonds is 5. The molecule has 0 saturated heterocycles. The van der Waals surface area contributed by atoms with Gasteiger partial charge >= 0.3 is 0 Å². The van der Waals surface area contributed by atoms with Gasteiger partial charge in [0.1, 0.15) is 11.5 Å². The van der Waals surface area contributed by atoms with Gasteiger partial charge in [-0.1, -0.05) is 30.3 Å². The van der Waals surface area contributed by atoms with Crippen molar-refractivity contribution in [1.29, 1.82) is 0 Å². The molecular formula is C16H19NO2. The summed E-state index contributed by atoms with van der Waals surface area (Å²) in [5, 5.41) is 2.92. The first-order valence-corrected chi connectivity index (χ1v) is 6.51. The monoisotopic (exact) mass is 257 g/mol. The zero-order valence-corrected chi connectivity index (χ0v) is 11.4. The van der Waals surface area contributed by atoms with Gasteiger partial charge in [-0.05, 0) is 31.9 Å². The number of carbonyl (C=O) groups is 1. The molecule has 0 unspecified atom stereocenters. The third kappa shape index (κ3) is 3.98. The van der Waals surface area contributed by atoms with E-state index in [0.717, 1.165) is 23.5 Å². The maximum Gasteiger partial charge on any atom is 0.220 e. The van der Waals surface area contributed by atoms with Crippen molar-refractivity contribution in [2.75, 3.05) is 0 Å². The summed E-state index contributed by atoms with van der Waals surface area (Å²) < 4.78 is 5.42. The maximum absolute atomic E-state index is 11.8. The third-order valence-electron chi connectivity index (χ3n) is 3.10. The summed E-state index contributed by atoms with van der Waals surface area (Å²) in [5.41, 5.74) is 2.23. The van der Waals surface area contributed by atoms with Crippen LogP contribution in [0.1, 0.15) is 29.1 Å².